The molecule has 11 nitrogen and oxygen atoms in total. The SMILES string of the molecule is COc1ccc(C(OC[C@H]2CO[C@@H](n3cnc4c(NC(=O)c5ccccc5)ncnc43)[C@@H]2OC(C)=O)(c2ccccc2)c2ccccc2)cc1. The summed E-state index contributed by atoms with van der Waals surface area (Å²) in [5.74, 6) is -0.183. The lowest BCUT2D eigenvalue weighted by atomic mass is 9.80. The first-order valence-corrected chi connectivity index (χ1v) is 16.2. The Balaban J connectivity index is 1.22. The molecule has 0 bridgehead atoms. The molecule has 4 aromatic carbocycles. The number of imidazole rings is 1. The predicted molar refractivity (Wildman–Crippen MR) is 185 cm³/mol. The van der Waals surface area contributed by atoms with Crippen molar-refractivity contribution in [2.45, 2.75) is 24.9 Å². The molecule has 1 aliphatic heterocycles. The van der Waals surface area contributed by atoms with Gasteiger partial charge in [0, 0.05) is 18.4 Å². The van der Waals surface area contributed by atoms with Gasteiger partial charge in [0.15, 0.2) is 29.3 Å². The molecule has 252 valence electrons. The molecule has 1 N–H and O–H groups in total. The van der Waals surface area contributed by atoms with E-state index in [4.69, 9.17) is 18.9 Å². The number of rotatable bonds is 11. The van der Waals surface area contributed by atoms with Gasteiger partial charge in [-0.1, -0.05) is 91.0 Å². The lowest BCUT2D eigenvalue weighted by Gasteiger charge is -2.37. The molecule has 11 heteroatoms. The van der Waals surface area contributed by atoms with E-state index in [1.165, 1.54) is 13.3 Å². The first kappa shape index (κ1) is 32.6. The van der Waals surface area contributed by atoms with Crippen LogP contribution in [0.4, 0.5) is 5.82 Å². The van der Waals surface area contributed by atoms with Crippen molar-refractivity contribution in [1.29, 1.82) is 0 Å². The number of anilines is 1. The number of aromatic nitrogens is 4. The Morgan fingerprint density at radius 3 is 2.08 bits per heavy atom. The molecular weight excluding hydrogens is 634 g/mol. The maximum absolute atomic E-state index is 12.9. The minimum absolute atomic E-state index is 0.171. The summed E-state index contributed by atoms with van der Waals surface area (Å²) in [6.45, 7) is 1.77. The molecule has 7 rings (SSSR count). The number of methoxy groups -OCH3 is 1. The van der Waals surface area contributed by atoms with E-state index >= 15 is 0 Å². The second kappa shape index (κ2) is 14.3. The quantitative estimate of drug-likeness (QED) is 0.127. The highest BCUT2D eigenvalue weighted by Gasteiger charge is 2.45. The third kappa shape index (κ3) is 6.31. The number of ether oxygens (including phenoxy) is 4. The second-order valence-electron chi connectivity index (χ2n) is 11.9. The summed E-state index contributed by atoms with van der Waals surface area (Å²) in [6, 6.07) is 36.7. The zero-order valence-electron chi connectivity index (χ0n) is 27.5. The van der Waals surface area contributed by atoms with Gasteiger partial charge < -0.3 is 24.3 Å². The number of nitrogens with zero attached hydrogens (tertiary/aromatic N) is 4. The molecule has 0 radical (unpaired) electrons. The molecule has 0 unspecified atom stereocenters. The molecule has 1 saturated heterocycles. The van der Waals surface area contributed by atoms with Crippen molar-refractivity contribution in [1.82, 2.24) is 19.5 Å². The molecule has 6 aromatic rings. The van der Waals surface area contributed by atoms with Crippen LogP contribution in [0.25, 0.3) is 11.2 Å². The summed E-state index contributed by atoms with van der Waals surface area (Å²) in [6.07, 6.45) is 1.38. The van der Waals surface area contributed by atoms with Gasteiger partial charge in [-0.3, -0.25) is 14.2 Å². The van der Waals surface area contributed by atoms with Gasteiger partial charge in [0.2, 0.25) is 0 Å². The summed E-state index contributed by atoms with van der Waals surface area (Å²) in [4.78, 5) is 38.7. The highest BCUT2D eigenvalue weighted by molar-refractivity contribution is 6.06. The fraction of sp³-hybridized carbons (Fsp3) is 0.205. The predicted octanol–water partition coefficient (Wildman–Crippen LogP) is 6.17. The van der Waals surface area contributed by atoms with Crippen LogP contribution in [-0.2, 0) is 24.6 Å². The minimum atomic E-state index is -1.02. The van der Waals surface area contributed by atoms with E-state index in [1.807, 2.05) is 91.0 Å². The van der Waals surface area contributed by atoms with Crippen LogP contribution in [0, 0.1) is 5.92 Å². The monoisotopic (exact) mass is 669 g/mol. The third-order valence-electron chi connectivity index (χ3n) is 8.80. The maximum atomic E-state index is 12.9. The third-order valence-corrected chi connectivity index (χ3v) is 8.80. The smallest absolute Gasteiger partial charge is 0.303 e. The van der Waals surface area contributed by atoms with Crippen molar-refractivity contribution in [3.05, 3.63) is 150 Å². The van der Waals surface area contributed by atoms with Gasteiger partial charge in [0.25, 0.3) is 5.91 Å². The van der Waals surface area contributed by atoms with Crippen molar-refractivity contribution < 1.29 is 28.5 Å². The Hall–Kier alpha value is -5.91. The maximum Gasteiger partial charge on any atom is 0.303 e. The Morgan fingerprint density at radius 2 is 1.46 bits per heavy atom. The van der Waals surface area contributed by atoms with Crippen LogP contribution in [0.1, 0.15) is 40.2 Å². The van der Waals surface area contributed by atoms with Crippen molar-refractivity contribution in [3.63, 3.8) is 0 Å². The van der Waals surface area contributed by atoms with Crippen LogP contribution in [0.3, 0.4) is 0 Å². The van der Waals surface area contributed by atoms with E-state index in [1.54, 1.807) is 42.3 Å². The first-order valence-electron chi connectivity index (χ1n) is 16.2. The highest BCUT2D eigenvalue weighted by atomic mass is 16.6. The van der Waals surface area contributed by atoms with E-state index < -0.39 is 23.9 Å². The number of benzene rings is 4. The molecule has 1 aliphatic rings. The summed E-state index contributed by atoms with van der Waals surface area (Å²) in [5, 5.41) is 2.83. The van der Waals surface area contributed by atoms with Crippen molar-refractivity contribution in [2.75, 3.05) is 25.6 Å². The van der Waals surface area contributed by atoms with Gasteiger partial charge in [-0.15, -0.1) is 0 Å². The Kier molecular flexibility index (Phi) is 9.32. The van der Waals surface area contributed by atoms with Gasteiger partial charge in [0.1, 0.15) is 17.7 Å². The fourth-order valence-corrected chi connectivity index (χ4v) is 6.42. The van der Waals surface area contributed by atoms with Gasteiger partial charge in [-0.05, 0) is 41.0 Å². The summed E-state index contributed by atoms with van der Waals surface area (Å²) < 4.78 is 26.6. The summed E-state index contributed by atoms with van der Waals surface area (Å²) in [5.41, 5.74) is 3.00. The van der Waals surface area contributed by atoms with Gasteiger partial charge in [0.05, 0.1) is 26.7 Å². The van der Waals surface area contributed by atoms with Gasteiger partial charge in [-0.25, -0.2) is 15.0 Å². The molecule has 0 spiro atoms. The summed E-state index contributed by atoms with van der Waals surface area (Å²) in [7, 11) is 1.63. The van der Waals surface area contributed by atoms with Crippen molar-refractivity contribution in [3.8, 4) is 5.75 Å². The first-order chi connectivity index (χ1) is 24.5. The number of hydrogen-bond donors (Lipinski definition) is 1. The Bertz CT molecular complexity index is 2030. The van der Waals surface area contributed by atoms with Crippen molar-refractivity contribution in [2.24, 2.45) is 5.92 Å². The van der Waals surface area contributed by atoms with E-state index in [-0.39, 0.29) is 30.9 Å². The molecule has 1 amide bonds. The van der Waals surface area contributed by atoms with E-state index in [9.17, 15) is 9.59 Å². The number of carbonyl (C=O) groups is 2. The molecule has 3 heterocycles. The van der Waals surface area contributed by atoms with E-state index in [0.717, 1.165) is 22.4 Å². The largest absolute Gasteiger partial charge is 0.497 e. The number of carbonyl (C=O) groups excluding carboxylic acids is 2. The lowest BCUT2D eigenvalue weighted by molar-refractivity contribution is -0.155. The van der Waals surface area contributed by atoms with Crippen LogP contribution in [0.5, 0.6) is 5.75 Å². The average molecular weight is 670 g/mol. The number of hydrogen-bond acceptors (Lipinski definition) is 9. The van der Waals surface area contributed by atoms with Gasteiger partial charge >= 0.3 is 5.97 Å². The molecule has 0 saturated carbocycles. The standard InChI is InChI=1S/C39H35N5O6/c1-26(45)50-34-28(22-48-38(34)44-25-42-33-35(40-24-41-36(33)44)43-37(46)27-12-6-3-7-13-27)23-49-39(29-14-8-4-9-15-29,30-16-10-5-11-17-30)31-18-20-32(47-2)21-19-31/h3-21,24-25,28,34,38H,22-23H2,1-2H3,(H,40,41,43,46)/t28-,34-,38-/m1/s1. The Morgan fingerprint density at radius 1 is 0.840 bits per heavy atom. The molecule has 3 atom stereocenters. The molecule has 2 aromatic heterocycles. The van der Waals surface area contributed by atoms with Crippen LogP contribution < -0.4 is 10.1 Å². The number of amides is 1. The van der Waals surface area contributed by atoms with Crippen LogP contribution >= 0.6 is 0 Å². The van der Waals surface area contributed by atoms with Crippen LogP contribution in [0.2, 0.25) is 0 Å². The number of nitrogens with one attached hydrogen (secondary N) is 1. The average Bonchev–Trinajstić information content (AvgIpc) is 3.77. The normalized spacial score (nSPS) is 17.4. The summed E-state index contributed by atoms with van der Waals surface area (Å²) >= 11 is 0. The van der Waals surface area contributed by atoms with E-state index in [2.05, 4.69) is 20.3 Å². The molecule has 0 aliphatic carbocycles. The van der Waals surface area contributed by atoms with Crippen LogP contribution in [-0.4, -0.2) is 57.8 Å². The van der Waals surface area contributed by atoms with Crippen molar-refractivity contribution >= 4 is 28.9 Å². The minimum Gasteiger partial charge on any atom is -0.497 e. The molecule has 50 heavy (non-hydrogen) atoms. The van der Waals surface area contributed by atoms with Gasteiger partial charge in [-0.2, -0.15) is 0 Å². The van der Waals surface area contributed by atoms with Crippen LogP contribution in [0.15, 0.2) is 128 Å². The zero-order chi connectivity index (χ0) is 34.5. The zero-order valence-corrected chi connectivity index (χ0v) is 27.5. The fourth-order valence-electron chi connectivity index (χ4n) is 6.42. The van der Waals surface area contributed by atoms with E-state index in [0.29, 0.717) is 16.7 Å². The molecule has 1 fully saturated rings. The topological polar surface area (TPSA) is 127 Å². The number of fused-ring (bicyclic) bond motifs is 1. The number of esters is 1. The highest BCUT2D eigenvalue weighted by Crippen LogP contribution is 2.43. The second-order valence-corrected chi connectivity index (χ2v) is 11.9. The Labute approximate surface area is 288 Å². The lowest BCUT2D eigenvalue weighted by Crippen LogP contribution is -2.38. The molecular formula is C39H35N5O6.